The summed E-state index contributed by atoms with van der Waals surface area (Å²) in [5.41, 5.74) is 0.813. The van der Waals surface area contributed by atoms with Gasteiger partial charge in [-0.25, -0.2) is 4.79 Å². The summed E-state index contributed by atoms with van der Waals surface area (Å²) in [6, 6.07) is 9.43. The summed E-state index contributed by atoms with van der Waals surface area (Å²) >= 11 is 0. The molecule has 1 saturated heterocycles. The molecule has 2 fully saturated rings. The van der Waals surface area contributed by atoms with E-state index in [0.717, 1.165) is 31.2 Å². The fourth-order valence-corrected chi connectivity index (χ4v) is 3.29. The molecule has 0 unspecified atom stereocenters. The summed E-state index contributed by atoms with van der Waals surface area (Å²) in [7, 11) is 0. The molecule has 1 saturated carbocycles. The van der Waals surface area contributed by atoms with Gasteiger partial charge in [0, 0.05) is 6.54 Å². The highest BCUT2D eigenvalue weighted by Crippen LogP contribution is 2.29. The van der Waals surface area contributed by atoms with Crippen LogP contribution < -0.4 is 0 Å². The predicted octanol–water partition coefficient (Wildman–Crippen LogP) is 2.00. The largest absolute Gasteiger partial charge is 0.479 e. The Balaban J connectivity index is 1.76. The number of benzene rings is 1. The van der Waals surface area contributed by atoms with E-state index in [-0.39, 0.29) is 25.2 Å². The van der Waals surface area contributed by atoms with E-state index in [4.69, 9.17) is 14.6 Å². The summed E-state index contributed by atoms with van der Waals surface area (Å²) in [6.45, 7) is 0.680. The molecule has 3 rings (SSSR count). The minimum Gasteiger partial charge on any atom is -0.479 e. The van der Waals surface area contributed by atoms with Crippen LogP contribution in [0.3, 0.4) is 0 Å². The van der Waals surface area contributed by atoms with Gasteiger partial charge < -0.3 is 19.5 Å². The number of hydrogen-bond donors (Lipinski definition) is 1. The molecule has 24 heavy (non-hydrogen) atoms. The van der Waals surface area contributed by atoms with Crippen LogP contribution in [-0.2, 0) is 19.1 Å². The molecule has 1 aliphatic carbocycles. The lowest BCUT2D eigenvalue weighted by atomic mass is 10.1. The van der Waals surface area contributed by atoms with Crippen molar-refractivity contribution in [3.63, 3.8) is 0 Å². The van der Waals surface area contributed by atoms with Gasteiger partial charge in [0.05, 0.1) is 19.3 Å². The molecule has 1 amide bonds. The molecule has 1 heterocycles. The molecular weight excluding hydrogens is 310 g/mol. The standard InChI is InChI=1S/C18H23NO5/c20-17(19-10-11-23-15(12-19)18(21)22)16(13-6-2-1-3-7-13)24-14-8-4-5-9-14/h1-3,6-7,14-16H,4-5,8-12H2,(H,21,22)/t15-,16+/m1/s1. The highest BCUT2D eigenvalue weighted by atomic mass is 16.5. The van der Waals surface area contributed by atoms with Gasteiger partial charge in [0.25, 0.3) is 5.91 Å². The number of hydrogen-bond acceptors (Lipinski definition) is 4. The Morgan fingerprint density at radius 1 is 1.21 bits per heavy atom. The third kappa shape index (κ3) is 3.94. The number of ether oxygens (including phenoxy) is 2. The number of rotatable bonds is 5. The minimum absolute atomic E-state index is 0.0610. The molecule has 0 spiro atoms. The Morgan fingerprint density at radius 3 is 2.58 bits per heavy atom. The average molecular weight is 333 g/mol. The molecule has 1 aliphatic heterocycles. The summed E-state index contributed by atoms with van der Waals surface area (Å²) in [5.74, 6) is -1.22. The molecule has 1 N–H and O–H groups in total. The van der Waals surface area contributed by atoms with Crippen molar-refractivity contribution in [3.05, 3.63) is 35.9 Å². The first-order valence-corrected chi connectivity index (χ1v) is 8.49. The number of carboxylic acid groups (broad SMARTS) is 1. The van der Waals surface area contributed by atoms with Crippen molar-refractivity contribution in [2.24, 2.45) is 0 Å². The van der Waals surface area contributed by atoms with Crippen LogP contribution in [0.4, 0.5) is 0 Å². The van der Waals surface area contributed by atoms with Crippen molar-refractivity contribution < 1.29 is 24.2 Å². The van der Waals surface area contributed by atoms with Gasteiger partial charge in [0.15, 0.2) is 12.2 Å². The van der Waals surface area contributed by atoms with Crippen LogP contribution in [0.5, 0.6) is 0 Å². The van der Waals surface area contributed by atoms with Gasteiger partial charge in [-0.3, -0.25) is 4.79 Å². The Morgan fingerprint density at radius 2 is 1.92 bits per heavy atom. The molecule has 0 aromatic heterocycles. The van der Waals surface area contributed by atoms with E-state index in [9.17, 15) is 9.59 Å². The molecule has 0 radical (unpaired) electrons. The Kier molecular flexibility index (Phi) is 5.48. The van der Waals surface area contributed by atoms with E-state index in [0.29, 0.717) is 6.54 Å². The summed E-state index contributed by atoms with van der Waals surface area (Å²) in [6.07, 6.45) is 2.63. The first-order valence-electron chi connectivity index (χ1n) is 8.49. The number of amides is 1. The van der Waals surface area contributed by atoms with Crippen LogP contribution in [0.25, 0.3) is 0 Å². The highest BCUT2D eigenvalue weighted by molar-refractivity contribution is 5.83. The number of carbonyl (C=O) groups is 2. The zero-order chi connectivity index (χ0) is 16.9. The van der Waals surface area contributed by atoms with Crippen molar-refractivity contribution in [1.29, 1.82) is 0 Å². The Bertz CT molecular complexity index is 570. The monoisotopic (exact) mass is 333 g/mol. The molecule has 6 nitrogen and oxygen atoms in total. The fourth-order valence-electron chi connectivity index (χ4n) is 3.29. The number of morpholine rings is 1. The number of carboxylic acids is 1. The first kappa shape index (κ1) is 16.9. The average Bonchev–Trinajstić information content (AvgIpc) is 3.13. The van der Waals surface area contributed by atoms with Gasteiger partial charge in [-0.2, -0.15) is 0 Å². The fraction of sp³-hybridized carbons (Fsp3) is 0.556. The lowest BCUT2D eigenvalue weighted by Crippen LogP contribution is -2.50. The van der Waals surface area contributed by atoms with E-state index in [2.05, 4.69) is 0 Å². The second kappa shape index (κ2) is 7.77. The summed E-state index contributed by atoms with van der Waals surface area (Å²) < 4.78 is 11.3. The molecule has 2 atom stereocenters. The lowest BCUT2D eigenvalue weighted by molar-refractivity contribution is -0.165. The Labute approximate surface area is 141 Å². The van der Waals surface area contributed by atoms with Crippen LogP contribution in [0, 0.1) is 0 Å². The molecular formula is C18H23NO5. The third-order valence-corrected chi connectivity index (χ3v) is 4.61. The summed E-state index contributed by atoms with van der Waals surface area (Å²) in [5, 5.41) is 9.13. The van der Waals surface area contributed by atoms with E-state index >= 15 is 0 Å². The molecule has 2 aliphatic rings. The normalized spacial score (nSPS) is 23.2. The molecule has 1 aromatic carbocycles. The van der Waals surface area contributed by atoms with Crippen LogP contribution >= 0.6 is 0 Å². The number of carbonyl (C=O) groups excluding carboxylic acids is 1. The van der Waals surface area contributed by atoms with Crippen molar-refractivity contribution in [3.8, 4) is 0 Å². The third-order valence-electron chi connectivity index (χ3n) is 4.61. The van der Waals surface area contributed by atoms with Crippen molar-refractivity contribution >= 4 is 11.9 Å². The zero-order valence-corrected chi connectivity index (χ0v) is 13.6. The molecule has 130 valence electrons. The van der Waals surface area contributed by atoms with E-state index in [1.54, 1.807) is 4.90 Å². The number of aliphatic carboxylic acids is 1. The zero-order valence-electron chi connectivity index (χ0n) is 13.6. The van der Waals surface area contributed by atoms with Crippen molar-refractivity contribution in [1.82, 2.24) is 4.90 Å². The van der Waals surface area contributed by atoms with E-state index in [1.807, 2.05) is 30.3 Å². The van der Waals surface area contributed by atoms with Crippen LogP contribution in [-0.4, -0.2) is 53.8 Å². The number of nitrogens with zero attached hydrogens (tertiary/aromatic N) is 1. The van der Waals surface area contributed by atoms with Crippen LogP contribution in [0.15, 0.2) is 30.3 Å². The molecule has 0 bridgehead atoms. The maximum absolute atomic E-state index is 13.0. The minimum atomic E-state index is -1.04. The Hall–Kier alpha value is -1.92. The van der Waals surface area contributed by atoms with Gasteiger partial charge in [0.2, 0.25) is 0 Å². The van der Waals surface area contributed by atoms with Crippen molar-refractivity contribution in [2.45, 2.75) is 44.0 Å². The predicted molar refractivity (Wildman–Crippen MR) is 86.5 cm³/mol. The highest BCUT2D eigenvalue weighted by Gasteiger charge is 2.35. The van der Waals surface area contributed by atoms with Gasteiger partial charge in [-0.05, 0) is 18.4 Å². The van der Waals surface area contributed by atoms with Gasteiger partial charge in [-0.1, -0.05) is 43.2 Å². The molecule has 6 heteroatoms. The quantitative estimate of drug-likeness (QED) is 0.892. The van der Waals surface area contributed by atoms with Gasteiger partial charge in [0.1, 0.15) is 0 Å². The first-order chi connectivity index (χ1) is 11.6. The van der Waals surface area contributed by atoms with Crippen LogP contribution in [0.1, 0.15) is 37.4 Å². The van der Waals surface area contributed by atoms with Gasteiger partial charge in [-0.15, -0.1) is 0 Å². The molecule has 1 aromatic rings. The lowest BCUT2D eigenvalue weighted by Gasteiger charge is -2.34. The maximum atomic E-state index is 13.0. The van der Waals surface area contributed by atoms with Crippen molar-refractivity contribution in [2.75, 3.05) is 19.7 Å². The maximum Gasteiger partial charge on any atom is 0.334 e. The topological polar surface area (TPSA) is 76.1 Å². The van der Waals surface area contributed by atoms with Gasteiger partial charge >= 0.3 is 5.97 Å². The van der Waals surface area contributed by atoms with Crippen LogP contribution in [0.2, 0.25) is 0 Å². The second-order valence-electron chi connectivity index (χ2n) is 6.32. The second-order valence-corrected chi connectivity index (χ2v) is 6.32. The summed E-state index contributed by atoms with van der Waals surface area (Å²) in [4.78, 5) is 25.7. The van der Waals surface area contributed by atoms with E-state index in [1.165, 1.54) is 0 Å². The SMILES string of the molecule is O=C(O)[C@H]1CN(C(=O)[C@@H](OC2CCCC2)c2ccccc2)CCO1. The smallest absolute Gasteiger partial charge is 0.334 e. The van der Waals surface area contributed by atoms with E-state index < -0.39 is 18.2 Å².